The van der Waals surface area contributed by atoms with Gasteiger partial charge in [0, 0.05) is 6.54 Å². The first-order valence-electron chi connectivity index (χ1n) is 7.00. The molecule has 1 aromatic heterocycles. The van der Waals surface area contributed by atoms with Crippen LogP contribution in [0, 0.1) is 11.7 Å². The van der Waals surface area contributed by atoms with E-state index < -0.39 is 5.82 Å². The lowest BCUT2D eigenvalue weighted by Gasteiger charge is -2.11. The molecule has 7 heteroatoms. The quantitative estimate of drug-likeness (QED) is 0.827. The van der Waals surface area contributed by atoms with Crippen molar-refractivity contribution < 1.29 is 13.6 Å². The van der Waals surface area contributed by atoms with Gasteiger partial charge in [0.05, 0.1) is 10.8 Å². The normalized spacial score (nSPS) is 12.4. The first kappa shape index (κ1) is 16.5. The number of nitrogens with one attached hydrogen (secondary N) is 1. The van der Waals surface area contributed by atoms with E-state index in [1.165, 1.54) is 6.07 Å². The van der Waals surface area contributed by atoms with Crippen molar-refractivity contribution in [3.63, 3.8) is 0 Å². The first-order chi connectivity index (χ1) is 10.5. The number of thioether (sulfide) groups is 1. The topological polar surface area (TPSA) is 68.0 Å². The van der Waals surface area contributed by atoms with Gasteiger partial charge < -0.3 is 9.73 Å². The predicted molar refractivity (Wildman–Crippen MR) is 82.9 cm³/mol. The summed E-state index contributed by atoms with van der Waals surface area (Å²) in [5.41, 5.74) is 0.249. The Labute approximate surface area is 132 Å². The van der Waals surface area contributed by atoms with Gasteiger partial charge in [0.25, 0.3) is 11.1 Å². The zero-order chi connectivity index (χ0) is 16.1. The third-order valence-electron chi connectivity index (χ3n) is 2.84. The number of hydrogen-bond acceptors (Lipinski definition) is 5. The summed E-state index contributed by atoms with van der Waals surface area (Å²) in [7, 11) is 0. The number of halogens is 1. The summed E-state index contributed by atoms with van der Waals surface area (Å²) in [5, 5.41) is 10.4. The molecule has 0 saturated heterocycles. The van der Waals surface area contributed by atoms with Crippen molar-refractivity contribution in [3.05, 3.63) is 30.1 Å². The lowest BCUT2D eigenvalue weighted by atomic mass is 10.2. The molecule has 1 aromatic carbocycles. The van der Waals surface area contributed by atoms with E-state index in [0.29, 0.717) is 12.5 Å². The van der Waals surface area contributed by atoms with E-state index >= 15 is 0 Å². The summed E-state index contributed by atoms with van der Waals surface area (Å²) in [5.74, 6) is -0.0256. The molecule has 0 saturated carbocycles. The predicted octanol–water partition coefficient (Wildman–Crippen LogP) is 3.13. The molecular formula is C15H18FN3O2S. The summed E-state index contributed by atoms with van der Waals surface area (Å²) < 4.78 is 19.1. The third kappa shape index (κ3) is 4.30. The van der Waals surface area contributed by atoms with Gasteiger partial charge in [-0.2, -0.15) is 0 Å². The number of amides is 1. The van der Waals surface area contributed by atoms with Gasteiger partial charge in [-0.3, -0.25) is 4.79 Å². The SMILES string of the molecule is CC(C)CNC(=O)[C@H](C)Sc1nnc(-c2ccccc2F)o1. The van der Waals surface area contributed by atoms with Crippen molar-refractivity contribution in [3.8, 4) is 11.5 Å². The maximum atomic E-state index is 13.7. The second-order valence-electron chi connectivity index (χ2n) is 5.25. The maximum absolute atomic E-state index is 13.7. The largest absolute Gasteiger partial charge is 0.411 e. The van der Waals surface area contributed by atoms with E-state index in [4.69, 9.17) is 4.42 Å². The maximum Gasteiger partial charge on any atom is 0.277 e. The Morgan fingerprint density at radius 2 is 2.05 bits per heavy atom. The standard InChI is InChI=1S/C15H18FN3O2S/c1-9(2)8-17-13(20)10(3)22-15-19-18-14(21-15)11-6-4-5-7-12(11)16/h4-7,9-10H,8H2,1-3H3,(H,17,20)/t10-/m0/s1. The van der Waals surface area contributed by atoms with Crippen LogP contribution in [0.1, 0.15) is 20.8 Å². The monoisotopic (exact) mass is 323 g/mol. The zero-order valence-electron chi connectivity index (χ0n) is 12.7. The van der Waals surface area contributed by atoms with Crippen LogP contribution in [0.3, 0.4) is 0 Å². The van der Waals surface area contributed by atoms with Gasteiger partial charge in [0.15, 0.2) is 0 Å². The van der Waals surface area contributed by atoms with Crippen LogP contribution < -0.4 is 5.32 Å². The zero-order valence-corrected chi connectivity index (χ0v) is 13.5. The van der Waals surface area contributed by atoms with Crippen LogP contribution in [0.5, 0.6) is 0 Å². The molecule has 0 radical (unpaired) electrons. The fourth-order valence-corrected chi connectivity index (χ4v) is 2.36. The molecule has 0 aliphatic heterocycles. The van der Waals surface area contributed by atoms with E-state index in [1.54, 1.807) is 25.1 Å². The fraction of sp³-hybridized carbons (Fsp3) is 0.400. The molecule has 0 aliphatic rings. The molecule has 0 aliphatic carbocycles. The van der Waals surface area contributed by atoms with E-state index in [0.717, 1.165) is 11.8 Å². The summed E-state index contributed by atoms with van der Waals surface area (Å²) in [6, 6.07) is 6.17. The Kier molecular flexibility index (Phi) is 5.54. The highest BCUT2D eigenvalue weighted by molar-refractivity contribution is 8.00. The number of carbonyl (C=O) groups is 1. The highest BCUT2D eigenvalue weighted by Crippen LogP contribution is 2.27. The van der Waals surface area contributed by atoms with Gasteiger partial charge in [-0.25, -0.2) is 4.39 Å². The molecule has 0 fully saturated rings. The summed E-state index contributed by atoms with van der Waals surface area (Å²) in [6.45, 7) is 6.43. The molecular weight excluding hydrogens is 305 g/mol. The van der Waals surface area contributed by atoms with Crippen molar-refractivity contribution in [1.29, 1.82) is 0 Å². The van der Waals surface area contributed by atoms with Gasteiger partial charge >= 0.3 is 0 Å². The number of carbonyl (C=O) groups excluding carboxylic acids is 1. The number of benzene rings is 1. The Bertz CT molecular complexity index is 645. The van der Waals surface area contributed by atoms with Gasteiger partial charge in [0.2, 0.25) is 5.91 Å². The van der Waals surface area contributed by atoms with Crippen LogP contribution in [0.2, 0.25) is 0 Å². The van der Waals surface area contributed by atoms with Crippen LogP contribution >= 0.6 is 11.8 Å². The van der Waals surface area contributed by atoms with Crippen LogP contribution in [0.15, 0.2) is 33.9 Å². The van der Waals surface area contributed by atoms with Gasteiger partial charge in [-0.05, 0) is 25.0 Å². The minimum Gasteiger partial charge on any atom is -0.411 e. The number of rotatable bonds is 6. The molecule has 5 nitrogen and oxygen atoms in total. The molecule has 1 heterocycles. The minimum absolute atomic E-state index is 0.0932. The fourth-order valence-electron chi connectivity index (χ4n) is 1.65. The van der Waals surface area contributed by atoms with Gasteiger partial charge in [-0.15, -0.1) is 10.2 Å². The van der Waals surface area contributed by atoms with E-state index in [9.17, 15) is 9.18 Å². The Balaban J connectivity index is 2.00. The Morgan fingerprint density at radius 3 is 2.73 bits per heavy atom. The number of hydrogen-bond donors (Lipinski definition) is 1. The van der Waals surface area contributed by atoms with Crippen molar-refractivity contribution in [1.82, 2.24) is 15.5 Å². The van der Waals surface area contributed by atoms with E-state index in [2.05, 4.69) is 15.5 Å². The molecule has 0 bridgehead atoms. The number of aromatic nitrogens is 2. The Morgan fingerprint density at radius 1 is 1.32 bits per heavy atom. The van der Waals surface area contributed by atoms with Crippen LogP contribution in [-0.4, -0.2) is 27.9 Å². The average molecular weight is 323 g/mol. The van der Waals surface area contributed by atoms with E-state index in [1.807, 2.05) is 13.8 Å². The minimum atomic E-state index is -0.426. The molecule has 0 spiro atoms. The molecule has 1 N–H and O–H groups in total. The lowest BCUT2D eigenvalue weighted by Crippen LogP contribution is -2.33. The van der Waals surface area contributed by atoms with Crippen molar-refractivity contribution in [2.24, 2.45) is 5.92 Å². The molecule has 1 atom stereocenters. The number of nitrogens with zero attached hydrogens (tertiary/aromatic N) is 2. The summed E-state index contributed by atoms with van der Waals surface area (Å²) in [4.78, 5) is 11.9. The van der Waals surface area contributed by atoms with E-state index in [-0.39, 0.29) is 27.8 Å². The van der Waals surface area contributed by atoms with Crippen molar-refractivity contribution in [2.75, 3.05) is 6.54 Å². The van der Waals surface area contributed by atoms with Crippen LogP contribution in [0.4, 0.5) is 4.39 Å². The second-order valence-corrected chi connectivity index (χ2v) is 6.54. The highest BCUT2D eigenvalue weighted by Gasteiger charge is 2.19. The van der Waals surface area contributed by atoms with Crippen LogP contribution in [0.25, 0.3) is 11.5 Å². The molecule has 2 rings (SSSR count). The molecule has 1 amide bonds. The molecule has 118 valence electrons. The molecule has 0 unspecified atom stereocenters. The molecule has 2 aromatic rings. The molecule has 22 heavy (non-hydrogen) atoms. The smallest absolute Gasteiger partial charge is 0.277 e. The van der Waals surface area contributed by atoms with Gasteiger partial charge in [-0.1, -0.05) is 37.7 Å². The van der Waals surface area contributed by atoms with Crippen molar-refractivity contribution in [2.45, 2.75) is 31.2 Å². The average Bonchev–Trinajstić information content (AvgIpc) is 2.93. The van der Waals surface area contributed by atoms with Crippen LogP contribution in [-0.2, 0) is 4.79 Å². The second kappa shape index (κ2) is 7.40. The summed E-state index contributed by atoms with van der Waals surface area (Å²) in [6.07, 6.45) is 0. The lowest BCUT2D eigenvalue weighted by molar-refractivity contribution is -0.120. The third-order valence-corrected chi connectivity index (χ3v) is 3.78. The summed E-state index contributed by atoms with van der Waals surface area (Å²) >= 11 is 1.15. The van der Waals surface area contributed by atoms with Gasteiger partial charge in [0.1, 0.15) is 5.82 Å². The van der Waals surface area contributed by atoms with Crippen molar-refractivity contribution >= 4 is 17.7 Å². The highest BCUT2D eigenvalue weighted by atomic mass is 32.2. The Hall–Kier alpha value is -1.89. The first-order valence-corrected chi connectivity index (χ1v) is 7.88.